The summed E-state index contributed by atoms with van der Waals surface area (Å²) in [6, 6.07) is 9.19. The number of nitrogens with one attached hydrogen (secondary N) is 1. The van der Waals surface area contributed by atoms with E-state index in [4.69, 9.17) is 16.3 Å². The number of carbonyl (C=O) groups excluding carboxylic acids is 2. The number of rotatable bonds is 6. The van der Waals surface area contributed by atoms with E-state index in [2.05, 4.69) is 10.2 Å². The van der Waals surface area contributed by atoms with Gasteiger partial charge < -0.3 is 10.1 Å². The number of benzene rings is 1. The largest absolute Gasteiger partial charge is 0.379 e. The van der Waals surface area contributed by atoms with Crippen LogP contribution in [0.1, 0.15) is 10.4 Å². The second-order valence-electron chi connectivity index (χ2n) is 7.03. The lowest BCUT2D eigenvalue weighted by atomic mass is 10.1. The number of halogens is 1. The fraction of sp³-hybridized carbons (Fsp3) is 0.333. The van der Waals surface area contributed by atoms with Gasteiger partial charge in [-0.2, -0.15) is 0 Å². The number of hydrogen-bond acceptors (Lipinski definition) is 6. The van der Waals surface area contributed by atoms with Gasteiger partial charge in [0.1, 0.15) is 5.70 Å². The standard InChI is InChI=1S/C21H22ClN3O3S/c1-14-4-5-15(22)13-16(14)23-19-18(17-3-2-12-29-17)20(26)25(21(19)27)7-6-24-8-10-28-11-9-24/h2-5,12-13,23H,6-11H2,1H3. The minimum atomic E-state index is -0.300. The van der Waals surface area contributed by atoms with Crippen molar-refractivity contribution in [3.8, 4) is 0 Å². The van der Waals surface area contributed by atoms with Crippen molar-refractivity contribution in [2.45, 2.75) is 6.92 Å². The minimum Gasteiger partial charge on any atom is -0.379 e. The maximum Gasteiger partial charge on any atom is 0.278 e. The molecule has 2 aromatic rings. The molecule has 1 aromatic carbocycles. The average Bonchev–Trinajstić information content (AvgIpc) is 3.32. The van der Waals surface area contributed by atoms with Gasteiger partial charge in [0, 0.05) is 41.8 Å². The summed E-state index contributed by atoms with van der Waals surface area (Å²) in [6.07, 6.45) is 0. The molecule has 6 nitrogen and oxygen atoms in total. The van der Waals surface area contributed by atoms with Gasteiger partial charge in [-0.3, -0.25) is 19.4 Å². The number of amides is 2. The molecule has 2 amide bonds. The van der Waals surface area contributed by atoms with Crippen LogP contribution < -0.4 is 5.32 Å². The molecule has 4 rings (SSSR count). The normalized spacial score (nSPS) is 18.1. The van der Waals surface area contributed by atoms with Crippen molar-refractivity contribution in [3.05, 3.63) is 56.9 Å². The molecule has 1 saturated heterocycles. The van der Waals surface area contributed by atoms with Gasteiger partial charge in [-0.25, -0.2) is 0 Å². The van der Waals surface area contributed by atoms with Gasteiger partial charge in [0.05, 0.1) is 18.8 Å². The third-order valence-corrected chi connectivity index (χ3v) is 6.26. The van der Waals surface area contributed by atoms with Crippen LogP contribution in [0.2, 0.25) is 5.02 Å². The minimum absolute atomic E-state index is 0.257. The van der Waals surface area contributed by atoms with Gasteiger partial charge in [0.15, 0.2) is 0 Å². The van der Waals surface area contributed by atoms with Crippen LogP contribution in [0.25, 0.3) is 5.57 Å². The van der Waals surface area contributed by atoms with Crippen molar-refractivity contribution in [1.29, 1.82) is 0 Å². The van der Waals surface area contributed by atoms with E-state index in [1.807, 2.05) is 30.5 Å². The molecular weight excluding hydrogens is 410 g/mol. The molecule has 8 heteroatoms. The molecule has 0 atom stereocenters. The zero-order valence-corrected chi connectivity index (χ0v) is 17.7. The molecule has 29 heavy (non-hydrogen) atoms. The number of morpholine rings is 1. The first-order valence-electron chi connectivity index (χ1n) is 9.52. The van der Waals surface area contributed by atoms with Crippen LogP contribution in [0.3, 0.4) is 0 Å². The van der Waals surface area contributed by atoms with Gasteiger partial charge in [0.25, 0.3) is 11.8 Å². The lowest BCUT2D eigenvalue weighted by Gasteiger charge is -2.28. The fourth-order valence-electron chi connectivity index (χ4n) is 3.47. The number of nitrogens with zero attached hydrogens (tertiary/aromatic N) is 2. The van der Waals surface area contributed by atoms with E-state index in [0.717, 1.165) is 29.2 Å². The average molecular weight is 432 g/mol. The molecule has 1 fully saturated rings. The molecule has 0 spiro atoms. The van der Waals surface area contributed by atoms with Gasteiger partial charge >= 0.3 is 0 Å². The fourth-order valence-corrected chi connectivity index (χ4v) is 4.41. The zero-order chi connectivity index (χ0) is 20.4. The monoisotopic (exact) mass is 431 g/mol. The molecule has 0 unspecified atom stereocenters. The molecule has 0 radical (unpaired) electrons. The second-order valence-corrected chi connectivity index (χ2v) is 8.41. The maximum absolute atomic E-state index is 13.2. The quantitative estimate of drug-likeness (QED) is 0.711. The number of ether oxygens (including phenoxy) is 1. The highest BCUT2D eigenvalue weighted by Gasteiger charge is 2.39. The highest BCUT2D eigenvalue weighted by molar-refractivity contribution is 7.11. The SMILES string of the molecule is Cc1ccc(Cl)cc1NC1=C(c2cccs2)C(=O)N(CCN2CCOCC2)C1=O. The lowest BCUT2D eigenvalue weighted by Crippen LogP contribution is -2.43. The third-order valence-electron chi connectivity index (χ3n) is 5.14. The van der Waals surface area contributed by atoms with Crippen LogP contribution >= 0.6 is 22.9 Å². The molecular formula is C21H22ClN3O3S. The topological polar surface area (TPSA) is 61.9 Å². The maximum atomic E-state index is 13.2. The Balaban J connectivity index is 1.61. The Hall–Kier alpha value is -2.19. The first-order chi connectivity index (χ1) is 14.0. The highest BCUT2D eigenvalue weighted by atomic mass is 35.5. The molecule has 0 bridgehead atoms. The Morgan fingerprint density at radius 2 is 1.93 bits per heavy atom. The zero-order valence-electron chi connectivity index (χ0n) is 16.1. The van der Waals surface area contributed by atoms with Crippen molar-refractivity contribution >= 4 is 46.0 Å². The number of thiophene rings is 1. The summed E-state index contributed by atoms with van der Waals surface area (Å²) in [5.41, 5.74) is 2.40. The third kappa shape index (κ3) is 4.23. The number of imide groups is 1. The van der Waals surface area contributed by atoms with Crippen LogP contribution in [-0.4, -0.2) is 61.0 Å². The van der Waals surface area contributed by atoms with Crippen LogP contribution in [-0.2, 0) is 14.3 Å². The Labute approximate surface area is 178 Å². The molecule has 2 aliphatic heterocycles. The van der Waals surface area contributed by atoms with E-state index in [9.17, 15) is 9.59 Å². The summed E-state index contributed by atoms with van der Waals surface area (Å²) in [5, 5.41) is 5.66. The smallest absolute Gasteiger partial charge is 0.278 e. The molecule has 1 aromatic heterocycles. The second kappa shape index (κ2) is 8.67. The number of anilines is 1. The summed E-state index contributed by atoms with van der Waals surface area (Å²) in [5.74, 6) is -0.557. The van der Waals surface area contributed by atoms with Crippen molar-refractivity contribution < 1.29 is 14.3 Å². The van der Waals surface area contributed by atoms with Crippen molar-refractivity contribution in [1.82, 2.24) is 9.80 Å². The van der Waals surface area contributed by atoms with Crippen LogP contribution in [0, 0.1) is 6.92 Å². The van der Waals surface area contributed by atoms with E-state index < -0.39 is 0 Å². The molecule has 0 aliphatic carbocycles. The molecule has 2 aliphatic rings. The number of aryl methyl sites for hydroxylation is 1. The van der Waals surface area contributed by atoms with Crippen LogP contribution in [0.4, 0.5) is 5.69 Å². The van der Waals surface area contributed by atoms with Crippen LogP contribution in [0.15, 0.2) is 41.4 Å². The Morgan fingerprint density at radius 1 is 1.14 bits per heavy atom. The van der Waals surface area contributed by atoms with Gasteiger partial charge in [-0.05, 0) is 36.1 Å². The van der Waals surface area contributed by atoms with E-state index in [1.165, 1.54) is 16.2 Å². The molecule has 3 heterocycles. The first kappa shape index (κ1) is 20.1. The van der Waals surface area contributed by atoms with E-state index in [1.54, 1.807) is 12.1 Å². The number of hydrogen-bond donors (Lipinski definition) is 1. The highest BCUT2D eigenvalue weighted by Crippen LogP contribution is 2.33. The van der Waals surface area contributed by atoms with E-state index >= 15 is 0 Å². The Bertz CT molecular complexity index is 952. The number of carbonyl (C=O) groups is 2. The molecule has 152 valence electrons. The predicted octanol–water partition coefficient (Wildman–Crippen LogP) is 3.23. The van der Waals surface area contributed by atoms with Crippen molar-refractivity contribution in [2.24, 2.45) is 0 Å². The first-order valence-corrected chi connectivity index (χ1v) is 10.8. The Kier molecular flexibility index (Phi) is 6.01. The van der Waals surface area contributed by atoms with Gasteiger partial charge in [0.2, 0.25) is 0 Å². The van der Waals surface area contributed by atoms with E-state index in [-0.39, 0.29) is 11.8 Å². The van der Waals surface area contributed by atoms with Crippen LogP contribution in [0.5, 0.6) is 0 Å². The summed E-state index contributed by atoms with van der Waals surface area (Å²) in [6.45, 7) is 5.92. The summed E-state index contributed by atoms with van der Waals surface area (Å²) in [4.78, 5) is 30.7. The van der Waals surface area contributed by atoms with Gasteiger partial charge in [-0.15, -0.1) is 11.3 Å². The van der Waals surface area contributed by atoms with Crippen molar-refractivity contribution in [3.63, 3.8) is 0 Å². The van der Waals surface area contributed by atoms with Gasteiger partial charge in [-0.1, -0.05) is 23.7 Å². The summed E-state index contributed by atoms with van der Waals surface area (Å²) >= 11 is 7.58. The summed E-state index contributed by atoms with van der Waals surface area (Å²) < 4.78 is 5.37. The van der Waals surface area contributed by atoms with E-state index in [0.29, 0.717) is 42.6 Å². The molecule has 0 saturated carbocycles. The van der Waals surface area contributed by atoms with Crippen molar-refractivity contribution in [2.75, 3.05) is 44.7 Å². The molecule has 1 N–H and O–H groups in total. The lowest BCUT2D eigenvalue weighted by molar-refractivity contribution is -0.137. The summed E-state index contributed by atoms with van der Waals surface area (Å²) in [7, 11) is 0. The Morgan fingerprint density at radius 3 is 2.66 bits per heavy atom. The predicted molar refractivity (Wildman–Crippen MR) is 115 cm³/mol.